The highest BCUT2D eigenvalue weighted by molar-refractivity contribution is 6.30. The number of halogens is 1. The summed E-state index contributed by atoms with van der Waals surface area (Å²) < 4.78 is 0. The van der Waals surface area contributed by atoms with E-state index < -0.39 is 0 Å². The normalized spacial score (nSPS) is 23.2. The first kappa shape index (κ1) is 16.6. The van der Waals surface area contributed by atoms with Crippen molar-refractivity contribution in [3.05, 3.63) is 28.8 Å². The highest BCUT2D eigenvalue weighted by Gasteiger charge is 2.30. The third kappa shape index (κ3) is 3.81. The van der Waals surface area contributed by atoms with Gasteiger partial charge in [-0.3, -0.25) is 4.79 Å². The number of likely N-dealkylation sites (tertiary alicyclic amines) is 1. The summed E-state index contributed by atoms with van der Waals surface area (Å²) in [6, 6.07) is 6.03. The van der Waals surface area contributed by atoms with Gasteiger partial charge < -0.3 is 14.7 Å². The maximum atomic E-state index is 12.7. The number of aryl methyl sites for hydroxylation is 1. The molecule has 0 aromatic heterocycles. The minimum Gasteiger partial charge on any atom is -0.368 e. The predicted octanol–water partition coefficient (Wildman–Crippen LogP) is 2.64. The maximum absolute atomic E-state index is 12.7. The first-order valence-corrected chi connectivity index (χ1v) is 8.91. The molecule has 0 N–H and O–H groups in total. The molecule has 3 rings (SSSR count). The lowest BCUT2D eigenvalue weighted by Crippen LogP contribution is -2.52. The molecule has 2 heterocycles. The molecule has 2 aliphatic rings. The molecule has 23 heavy (non-hydrogen) atoms. The fourth-order valence-corrected chi connectivity index (χ4v) is 3.88. The van der Waals surface area contributed by atoms with E-state index in [9.17, 15) is 4.79 Å². The van der Waals surface area contributed by atoms with Gasteiger partial charge in [-0.05, 0) is 51.1 Å². The third-order valence-electron chi connectivity index (χ3n) is 5.08. The molecule has 1 aromatic rings. The lowest BCUT2D eigenvalue weighted by molar-refractivity contribution is -0.137. The van der Waals surface area contributed by atoms with E-state index >= 15 is 0 Å². The lowest BCUT2D eigenvalue weighted by Gasteiger charge is -2.39. The van der Waals surface area contributed by atoms with Gasteiger partial charge in [-0.15, -0.1) is 0 Å². The molecule has 0 saturated carbocycles. The Bertz CT molecular complexity index is 569. The van der Waals surface area contributed by atoms with E-state index in [0.29, 0.717) is 5.91 Å². The number of amides is 1. The van der Waals surface area contributed by atoms with Crippen molar-refractivity contribution in [2.24, 2.45) is 5.92 Å². The van der Waals surface area contributed by atoms with Crippen LogP contribution < -0.4 is 4.90 Å². The second kappa shape index (κ2) is 7.10. The van der Waals surface area contributed by atoms with Gasteiger partial charge in [-0.25, -0.2) is 0 Å². The van der Waals surface area contributed by atoms with Gasteiger partial charge in [0.2, 0.25) is 5.91 Å². The third-order valence-corrected chi connectivity index (χ3v) is 5.31. The van der Waals surface area contributed by atoms with Crippen LogP contribution in [0.15, 0.2) is 18.2 Å². The standard InChI is InChI=1S/C18H26ClN3O/c1-14-5-6-16(19)12-17(14)21-8-10-22(11-9-21)18(23)15-4-3-7-20(2)13-15/h5-6,12,15H,3-4,7-11,13H2,1-2H3. The van der Waals surface area contributed by atoms with Crippen molar-refractivity contribution in [1.29, 1.82) is 0 Å². The summed E-state index contributed by atoms with van der Waals surface area (Å²) in [6.07, 6.45) is 2.17. The number of anilines is 1. The number of nitrogens with zero attached hydrogens (tertiary/aromatic N) is 3. The smallest absolute Gasteiger partial charge is 0.227 e. The Morgan fingerprint density at radius 1 is 1.17 bits per heavy atom. The van der Waals surface area contributed by atoms with Gasteiger partial charge in [0.1, 0.15) is 0 Å². The van der Waals surface area contributed by atoms with Crippen molar-refractivity contribution in [2.45, 2.75) is 19.8 Å². The first-order chi connectivity index (χ1) is 11.0. The Kier molecular flexibility index (Phi) is 5.12. The fourth-order valence-electron chi connectivity index (χ4n) is 3.72. The van der Waals surface area contributed by atoms with Crippen LogP contribution in [-0.2, 0) is 4.79 Å². The second-order valence-corrected chi connectivity index (χ2v) is 7.28. The molecular formula is C18H26ClN3O. The number of hydrogen-bond acceptors (Lipinski definition) is 3. The van der Waals surface area contributed by atoms with E-state index in [2.05, 4.69) is 34.7 Å². The molecule has 2 aliphatic heterocycles. The van der Waals surface area contributed by atoms with Gasteiger partial charge in [0.15, 0.2) is 0 Å². The molecule has 4 nitrogen and oxygen atoms in total. The second-order valence-electron chi connectivity index (χ2n) is 6.84. The minimum atomic E-state index is 0.188. The van der Waals surface area contributed by atoms with Crippen LogP contribution in [0.1, 0.15) is 18.4 Å². The van der Waals surface area contributed by atoms with E-state index in [4.69, 9.17) is 11.6 Å². The summed E-state index contributed by atoms with van der Waals surface area (Å²) >= 11 is 6.13. The first-order valence-electron chi connectivity index (χ1n) is 8.53. The number of piperazine rings is 1. The average Bonchev–Trinajstić information content (AvgIpc) is 2.56. The molecule has 2 saturated heterocycles. The van der Waals surface area contributed by atoms with Gasteiger partial charge >= 0.3 is 0 Å². The topological polar surface area (TPSA) is 26.8 Å². The Morgan fingerprint density at radius 3 is 2.61 bits per heavy atom. The Hall–Kier alpha value is -1.26. The molecule has 2 fully saturated rings. The van der Waals surface area contributed by atoms with Crippen LogP contribution >= 0.6 is 11.6 Å². The summed E-state index contributed by atoms with van der Waals surface area (Å²) in [5, 5.41) is 0.773. The summed E-state index contributed by atoms with van der Waals surface area (Å²) in [5.74, 6) is 0.534. The monoisotopic (exact) mass is 335 g/mol. The number of piperidine rings is 1. The minimum absolute atomic E-state index is 0.188. The zero-order valence-corrected chi connectivity index (χ0v) is 14.9. The molecule has 1 amide bonds. The van der Waals surface area contributed by atoms with Gasteiger partial charge in [-0.1, -0.05) is 17.7 Å². The van der Waals surface area contributed by atoms with E-state index in [1.165, 1.54) is 11.3 Å². The molecule has 126 valence electrons. The van der Waals surface area contributed by atoms with Crippen LogP contribution in [0.3, 0.4) is 0 Å². The molecule has 1 atom stereocenters. The molecule has 1 unspecified atom stereocenters. The summed E-state index contributed by atoms with van der Waals surface area (Å²) in [7, 11) is 2.11. The number of hydrogen-bond donors (Lipinski definition) is 0. The fraction of sp³-hybridized carbons (Fsp3) is 0.611. The predicted molar refractivity (Wildman–Crippen MR) is 95.2 cm³/mol. The van der Waals surface area contributed by atoms with Crippen LogP contribution in [0, 0.1) is 12.8 Å². The highest BCUT2D eigenvalue weighted by atomic mass is 35.5. The summed E-state index contributed by atoms with van der Waals surface area (Å²) in [5.41, 5.74) is 2.44. The SMILES string of the molecule is Cc1ccc(Cl)cc1N1CCN(C(=O)C2CCCN(C)C2)CC1. The van der Waals surface area contributed by atoms with Crippen molar-refractivity contribution in [3.63, 3.8) is 0 Å². The molecule has 1 aromatic carbocycles. The van der Waals surface area contributed by atoms with Gasteiger partial charge in [0, 0.05) is 43.4 Å². The number of carbonyl (C=O) groups is 1. The van der Waals surface area contributed by atoms with Crippen LogP contribution in [0.25, 0.3) is 0 Å². The number of carbonyl (C=O) groups excluding carboxylic acids is 1. The zero-order chi connectivity index (χ0) is 16.4. The number of rotatable bonds is 2. The van der Waals surface area contributed by atoms with Crippen molar-refractivity contribution in [2.75, 3.05) is 51.2 Å². The Morgan fingerprint density at radius 2 is 1.91 bits per heavy atom. The molecule has 0 bridgehead atoms. The molecule has 5 heteroatoms. The largest absolute Gasteiger partial charge is 0.368 e. The average molecular weight is 336 g/mol. The van der Waals surface area contributed by atoms with E-state index in [-0.39, 0.29) is 5.92 Å². The molecule has 0 aliphatic carbocycles. The zero-order valence-electron chi connectivity index (χ0n) is 14.1. The van der Waals surface area contributed by atoms with Crippen molar-refractivity contribution < 1.29 is 4.79 Å². The van der Waals surface area contributed by atoms with Crippen LogP contribution in [0.5, 0.6) is 0 Å². The van der Waals surface area contributed by atoms with E-state index in [1.54, 1.807) is 0 Å². The molecule has 0 radical (unpaired) electrons. The maximum Gasteiger partial charge on any atom is 0.227 e. The van der Waals surface area contributed by atoms with Crippen molar-refractivity contribution >= 4 is 23.2 Å². The summed E-state index contributed by atoms with van der Waals surface area (Å²) in [4.78, 5) is 19.4. The van der Waals surface area contributed by atoms with Crippen LogP contribution in [-0.4, -0.2) is 62.0 Å². The van der Waals surface area contributed by atoms with Crippen LogP contribution in [0.2, 0.25) is 5.02 Å². The Balaban J connectivity index is 1.59. The van der Waals surface area contributed by atoms with E-state index in [1.807, 2.05) is 12.1 Å². The van der Waals surface area contributed by atoms with Crippen molar-refractivity contribution in [3.8, 4) is 0 Å². The van der Waals surface area contributed by atoms with Crippen LogP contribution in [0.4, 0.5) is 5.69 Å². The van der Waals surface area contributed by atoms with Gasteiger partial charge in [0.25, 0.3) is 0 Å². The number of benzene rings is 1. The quantitative estimate of drug-likeness (QED) is 0.831. The van der Waals surface area contributed by atoms with E-state index in [0.717, 1.165) is 57.1 Å². The lowest BCUT2D eigenvalue weighted by atomic mass is 9.96. The van der Waals surface area contributed by atoms with Gasteiger partial charge in [0.05, 0.1) is 5.92 Å². The van der Waals surface area contributed by atoms with Crippen molar-refractivity contribution in [1.82, 2.24) is 9.80 Å². The molecular weight excluding hydrogens is 310 g/mol. The summed E-state index contributed by atoms with van der Waals surface area (Å²) in [6.45, 7) is 7.53. The Labute approximate surface area is 144 Å². The molecule has 0 spiro atoms. The van der Waals surface area contributed by atoms with Gasteiger partial charge in [-0.2, -0.15) is 0 Å². The highest BCUT2D eigenvalue weighted by Crippen LogP contribution is 2.26.